The second-order valence-electron chi connectivity index (χ2n) is 5.10. The predicted octanol–water partition coefficient (Wildman–Crippen LogP) is 2.20. The van der Waals surface area contributed by atoms with E-state index in [4.69, 9.17) is 4.74 Å². The molecule has 1 atom stereocenters. The number of aromatic nitrogens is 2. The van der Waals surface area contributed by atoms with Crippen LogP contribution in [0.1, 0.15) is 11.9 Å². The van der Waals surface area contributed by atoms with Crippen molar-refractivity contribution in [2.24, 2.45) is 0 Å². The van der Waals surface area contributed by atoms with Crippen molar-refractivity contribution in [2.45, 2.75) is 6.10 Å². The Morgan fingerprint density at radius 1 is 1.38 bits per heavy atom. The molecule has 0 saturated carbocycles. The van der Waals surface area contributed by atoms with Crippen LogP contribution in [0, 0.1) is 0 Å². The Morgan fingerprint density at radius 2 is 2.14 bits per heavy atom. The van der Waals surface area contributed by atoms with Gasteiger partial charge in [0, 0.05) is 18.7 Å². The number of hydrogen-bond acceptors (Lipinski definition) is 4. The summed E-state index contributed by atoms with van der Waals surface area (Å²) >= 11 is 3.33. The molecule has 1 aliphatic rings. The van der Waals surface area contributed by atoms with Crippen LogP contribution in [0.2, 0.25) is 0 Å². The van der Waals surface area contributed by atoms with Gasteiger partial charge in [-0.3, -0.25) is 4.79 Å². The van der Waals surface area contributed by atoms with Crippen LogP contribution < -0.4 is 5.56 Å². The fourth-order valence-corrected chi connectivity index (χ4v) is 2.78. The summed E-state index contributed by atoms with van der Waals surface area (Å²) in [4.78, 5) is 21.7. The van der Waals surface area contributed by atoms with Crippen molar-refractivity contribution < 1.29 is 4.74 Å². The van der Waals surface area contributed by atoms with Gasteiger partial charge in [0.05, 0.1) is 12.3 Å². The Balaban J connectivity index is 2.04. The third-order valence-corrected chi connectivity index (χ3v) is 4.24. The SMILES string of the molecule is CN1CCOC(c2nc(-c3ccccc3)c(Br)c(=O)[nH]2)C1. The molecule has 1 fully saturated rings. The van der Waals surface area contributed by atoms with Crippen molar-refractivity contribution >= 4 is 15.9 Å². The van der Waals surface area contributed by atoms with E-state index in [0.29, 0.717) is 22.6 Å². The van der Waals surface area contributed by atoms with Crippen LogP contribution in [-0.2, 0) is 4.74 Å². The number of benzene rings is 1. The summed E-state index contributed by atoms with van der Waals surface area (Å²) in [7, 11) is 2.03. The van der Waals surface area contributed by atoms with Crippen molar-refractivity contribution in [2.75, 3.05) is 26.7 Å². The van der Waals surface area contributed by atoms with E-state index >= 15 is 0 Å². The molecule has 1 unspecified atom stereocenters. The lowest BCUT2D eigenvalue weighted by molar-refractivity contribution is -0.0255. The molecule has 5 nitrogen and oxygen atoms in total. The lowest BCUT2D eigenvalue weighted by atomic mass is 10.1. The zero-order chi connectivity index (χ0) is 14.8. The van der Waals surface area contributed by atoms with Crippen molar-refractivity contribution in [3.05, 3.63) is 51.0 Å². The van der Waals surface area contributed by atoms with E-state index in [-0.39, 0.29) is 11.7 Å². The topological polar surface area (TPSA) is 58.2 Å². The highest BCUT2D eigenvalue weighted by Crippen LogP contribution is 2.25. The lowest BCUT2D eigenvalue weighted by Crippen LogP contribution is -2.36. The number of aromatic amines is 1. The maximum Gasteiger partial charge on any atom is 0.265 e. The van der Waals surface area contributed by atoms with Gasteiger partial charge in [-0.25, -0.2) is 4.98 Å². The first-order chi connectivity index (χ1) is 10.1. The molecular weight excluding hydrogens is 334 g/mol. The van der Waals surface area contributed by atoms with E-state index in [9.17, 15) is 4.79 Å². The van der Waals surface area contributed by atoms with E-state index in [1.807, 2.05) is 37.4 Å². The quantitative estimate of drug-likeness (QED) is 0.902. The van der Waals surface area contributed by atoms with E-state index in [0.717, 1.165) is 18.7 Å². The molecule has 110 valence electrons. The van der Waals surface area contributed by atoms with Crippen molar-refractivity contribution in [3.63, 3.8) is 0 Å². The first-order valence-electron chi connectivity index (χ1n) is 6.80. The summed E-state index contributed by atoms with van der Waals surface area (Å²) in [5.74, 6) is 0.577. The number of nitrogens with zero attached hydrogens (tertiary/aromatic N) is 2. The van der Waals surface area contributed by atoms with E-state index in [1.54, 1.807) is 0 Å². The smallest absolute Gasteiger partial charge is 0.265 e. The maximum atomic E-state index is 12.1. The zero-order valence-electron chi connectivity index (χ0n) is 11.7. The minimum absolute atomic E-state index is 0.185. The van der Waals surface area contributed by atoms with Crippen LogP contribution in [0.5, 0.6) is 0 Å². The zero-order valence-corrected chi connectivity index (χ0v) is 13.3. The Bertz CT molecular complexity index is 687. The number of halogens is 1. The molecule has 21 heavy (non-hydrogen) atoms. The highest BCUT2D eigenvalue weighted by Gasteiger charge is 2.23. The molecule has 0 bridgehead atoms. The highest BCUT2D eigenvalue weighted by atomic mass is 79.9. The molecule has 1 N–H and O–H groups in total. The lowest BCUT2D eigenvalue weighted by Gasteiger charge is -2.29. The van der Waals surface area contributed by atoms with Gasteiger partial charge >= 0.3 is 0 Å². The Hall–Kier alpha value is -1.50. The Morgan fingerprint density at radius 3 is 2.86 bits per heavy atom. The first-order valence-corrected chi connectivity index (χ1v) is 7.59. The average Bonchev–Trinajstić information content (AvgIpc) is 2.51. The number of H-pyrrole nitrogens is 1. The van der Waals surface area contributed by atoms with Gasteiger partial charge in [0.25, 0.3) is 5.56 Å². The summed E-state index contributed by atoms with van der Waals surface area (Å²) in [6.07, 6.45) is -0.202. The number of morpholine rings is 1. The molecule has 0 amide bonds. The number of nitrogens with one attached hydrogen (secondary N) is 1. The average molecular weight is 350 g/mol. The summed E-state index contributed by atoms with van der Waals surface area (Å²) in [5, 5.41) is 0. The molecule has 0 spiro atoms. The van der Waals surface area contributed by atoms with E-state index < -0.39 is 0 Å². The molecule has 0 radical (unpaired) electrons. The first kappa shape index (κ1) is 14.4. The number of ether oxygens (including phenoxy) is 1. The van der Waals surface area contributed by atoms with Gasteiger partial charge in [-0.15, -0.1) is 0 Å². The molecule has 0 aliphatic carbocycles. The molecular formula is C15H16BrN3O2. The van der Waals surface area contributed by atoms with Gasteiger partial charge < -0.3 is 14.6 Å². The van der Waals surface area contributed by atoms with Gasteiger partial charge in [-0.1, -0.05) is 30.3 Å². The van der Waals surface area contributed by atoms with Gasteiger partial charge in [0.2, 0.25) is 0 Å². The predicted molar refractivity (Wildman–Crippen MR) is 84.2 cm³/mol. The summed E-state index contributed by atoms with van der Waals surface area (Å²) in [6.45, 7) is 2.25. The molecule has 6 heteroatoms. The monoisotopic (exact) mass is 349 g/mol. The van der Waals surface area contributed by atoms with Gasteiger partial charge in [-0.2, -0.15) is 0 Å². The van der Waals surface area contributed by atoms with Gasteiger partial charge in [-0.05, 0) is 23.0 Å². The summed E-state index contributed by atoms with van der Waals surface area (Å²) < 4.78 is 6.18. The molecule has 2 heterocycles. The van der Waals surface area contributed by atoms with Crippen molar-refractivity contribution in [1.82, 2.24) is 14.9 Å². The fraction of sp³-hybridized carbons (Fsp3) is 0.333. The normalized spacial score (nSPS) is 19.6. The maximum absolute atomic E-state index is 12.1. The number of likely N-dealkylation sites (N-methyl/N-ethyl adjacent to an activating group) is 1. The fourth-order valence-electron chi connectivity index (χ4n) is 2.36. The second-order valence-corrected chi connectivity index (χ2v) is 5.89. The molecule has 2 aromatic rings. The highest BCUT2D eigenvalue weighted by molar-refractivity contribution is 9.10. The van der Waals surface area contributed by atoms with E-state index in [2.05, 4.69) is 30.8 Å². The summed E-state index contributed by atoms with van der Waals surface area (Å²) in [6, 6.07) is 9.66. The molecule has 1 aromatic carbocycles. The van der Waals surface area contributed by atoms with Gasteiger partial charge in [0.15, 0.2) is 0 Å². The molecule has 3 rings (SSSR count). The van der Waals surface area contributed by atoms with Gasteiger partial charge in [0.1, 0.15) is 16.4 Å². The third-order valence-electron chi connectivity index (χ3n) is 3.50. The minimum atomic E-state index is -0.202. The van der Waals surface area contributed by atoms with Crippen LogP contribution in [0.15, 0.2) is 39.6 Å². The van der Waals surface area contributed by atoms with Crippen LogP contribution in [0.4, 0.5) is 0 Å². The third kappa shape index (κ3) is 3.07. The molecule has 1 saturated heterocycles. The van der Waals surface area contributed by atoms with Crippen LogP contribution in [0.3, 0.4) is 0 Å². The number of hydrogen-bond donors (Lipinski definition) is 1. The molecule has 1 aliphatic heterocycles. The second kappa shape index (κ2) is 6.09. The summed E-state index contributed by atoms with van der Waals surface area (Å²) in [5.41, 5.74) is 1.36. The largest absolute Gasteiger partial charge is 0.368 e. The van der Waals surface area contributed by atoms with Crippen molar-refractivity contribution in [1.29, 1.82) is 0 Å². The van der Waals surface area contributed by atoms with Crippen LogP contribution in [-0.4, -0.2) is 41.6 Å². The van der Waals surface area contributed by atoms with E-state index in [1.165, 1.54) is 0 Å². The number of rotatable bonds is 2. The standard InChI is InChI=1S/C15H16BrN3O2/c1-19-7-8-21-11(9-19)14-17-13(12(16)15(20)18-14)10-5-3-2-4-6-10/h2-6,11H,7-9H2,1H3,(H,17,18,20). The van der Waals surface area contributed by atoms with Crippen LogP contribution >= 0.6 is 15.9 Å². The van der Waals surface area contributed by atoms with Crippen molar-refractivity contribution in [3.8, 4) is 11.3 Å². The minimum Gasteiger partial charge on any atom is -0.368 e. The molecule has 1 aromatic heterocycles. The Labute approximate surface area is 131 Å². The van der Waals surface area contributed by atoms with Crippen LogP contribution in [0.25, 0.3) is 11.3 Å². The Kier molecular flexibility index (Phi) is 4.19.